The lowest BCUT2D eigenvalue weighted by Gasteiger charge is -2.25. The van der Waals surface area contributed by atoms with E-state index in [1.807, 2.05) is 13.8 Å². The van der Waals surface area contributed by atoms with Crippen LogP contribution in [0.1, 0.15) is 69.8 Å². The van der Waals surface area contributed by atoms with Gasteiger partial charge < -0.3 is 19.2 Å². The number of methoxy groups -OCH3 is 1. The van der Waals surface area contributed by atoms with Crippen molar-refractivity contribution in [2.45, 2.75) is 65.0 Å². The Morgan fingerprint density at radius 1 is 1.39 bits per heavy atom. The SMILES string of the molecule is CCC[C@@H](c1nc(C(=O)OC)co1)[C@@H](C)NC(=O)OC(C)(C)C. The molecule has 0 saturated heterocycles. The highest BCUT2D eigenvalue weighted by Crippen LogP contribution is 2.25. The van der Waals surface area contributed by atoms with Gasteiger partial charge in [0.05, 0.1) is 13.0 Å². The topological polar surface area (TPSA) is 90.7 Å². The molecule has 1 amide bonds. The van der Waals surface area contributed by atoms with Crippen molar-refractivity contribution in [3.63, 3.8) is 0 Å². The van der Waals surface area contributed by atoms with Gasteiger partial charge in [-0.05, 0) is 34.1 Å². The third-order valence-electron chi connectivity index (χ3n) is 3.18. The predicted molar refractivity (Wildman–Crippen MR) is 84.3 cm³/mol. The standard InChI is InChI=1S/C16H26N2O5/c1-7-8-11(10(2)17-15(20)23-16(3,4)5)13-18-12(9-22-13)14(19)21-6/h9-11H,7-8H2,1-6H3,(H,17,20)/t10-,11-/m1/s1. The molecule has 0 saturated carbocycles. The third kappa shape index (κ3) is 5.92. The smallest absolute Gasteiger partial charge is 0.407 e. The van der Waals surface area contributed by atoms with E-state index in [0.29, 0.717) is 5.89 Å². The Kier molecular flexibility index (Phi) is 6.60. The van der Waals surface area contributed by atoms with Gasteiger partial charge in [-0.15, -0.1) is 0 Å². The van der Waals surface area contributed by atoms with Gasteiger partial charge in [-0.25, -0.2) is 14.6 Å². The van der Waals surface area contributed by atoms with Crippen LogP contribution < -0.4 is 5.32 Å². The van der Waals surface area contributed by atoms with Gasteiger partial charge in [0, 0.05) is 6.04 Å². The van der Waals surface area contributed by atoms with Crippen LogP contribution in [-0.2, 0) is 9.47 Å². The molecule has 1 heterocycles. The zero-order valence-electron chi connectivity index (χ0n) is 14.6. The molecular weight excluding hydrogens is 300 g/mol. The van der Waals surface area contributed by atoms with E-state index >= 15 is 0 Å². The largest absolute Gasteiger partial charge is 0.464 e. The van der Waals surface area contributed by atoms with Crippen molar-refractivity contribution < 1.29 is 23.5 Å². The molecule has 130 valence electrons. The second-order valence-corrected chi connectivity index (χ2v) is 6.39. The zero-order chi connectivity index (χ0) is 17.6. The number of hydrogen-bond acceptors (Lipinski definition) is 6. The number of aromatic nitrogens is 1. The van der Waals surface area contributed by atoms with E-state index in [2.05, 4.69) is 15.0 Å². The molecule has 0 unspecified atom stereocenters. The number of ether oxygens (including phenoxy) is 2. The highest BCUT2D eigenvalue weighted by atomic mass is 16.6. The number of oxazole rings is 1. The Morgan fingerprint density at radius 3 is 2.57 bits per heavy atom. The molecule has 2 atom stereocenters. The highest BCUT2D eigenvalue weighted by molar-refractivity contribution is 5.86. The van der Waals surface area contributed by atoms with Crippen molar-refractivity contribution in [2.75, 3.05) is 7.11 Å². The molecule has 0 aromatic carbocycles. The lowest BCUT2D eigenvalue weighted by Crippen LogP contribution is -2.40. The number of nitrogens with one attached hydrogen (secondary N) is 1. The second kappa shape index (κ2) is 7.99. The Bertz CT molecular complexity index is 533. The van der Waals surface area contributed by atoms with Gasteiger partial charge in [-0.1, -0.05) is 13.3 Å². The number of rotatable bonds is 6. The lowest BCUT2D eigenvalue weighted by atomic mass is 9.96. The molecule has 0 aliphatic carbocycles. The first kappa shape index (κ1) is 19.0. The average molecular weight is 326 g/mol. The molecule has 0 fully saturated rings. The van der Waals surface area contributed by atoms with Crippen LogP contribution in [0.15, 0.2) is 10.7 Å². The summed E-state index contributed by atoms with van der Waals surface area (Å²) < 4.78 is 15.3. The molecule has 0 radical (unpaired) electrons. The first-order chi connectivity index (χ1) is 10.7. The summed E-state index contributed by atoms with van der Waals surface area (Å²) in [6.45, 7) is 9.29. The minimum Gasteiger partial charge on any atom is -0.464 e. The first-order valence-corrected chi connectivity index (χ1v) is 7.71. The third-order valence-corrected chi connectivity index (χ3v) is 3.18. The predicted octanol–water partition coefficient (Wildman–Crippen LogP) is 3.26. The minimum atomic E-state index is -0.564. The Balaban J connectivity index is 2.82. The summed E-state index contributed by atoms with van der Waals surface area (Å²) in [5, 5.41) is 2.79. The van der Waals surface area contributed by atoms with Gasteiger partial charge in [0.2, 0.25) is 0 Å². The number of amides is 1. The van der Waals surface area contributed by atoms with Crippen LogP contribution in [0.3, 0.4) is 0 Å². The normalized spacial score (nSPS) is 14.0. The molecule has 1 aromatic heterocycles. The van der Waals surface area contributed by atoms with Crippen LogP contribution >= 0.6 is 0 Å². The van der Waals surface area contributed by atoms with E-state index < -0.39 is 17.7 Å². The van der Waals surface area contributed by atoms with Crippen molar-refractivity contribution in [1.82, 2.24) is 10.3 Å². The van der Waals surface area contributed by atoms with Crippen LogP contribution in [0.4, 0.5) is 4.79 Å². The van der Waals surface area contributed by atoms with Gasteiger partial charge in [0.25, 0.3) is 0 Å². The van der Waals surface area contributed by atoms with Gasteiger partial charge in [-0.2, -0.15) is 0 Å². The maximum Gasteiger partial charge on any atom is 0.407 e. The number of nitrogens with zero attached hydrogens (tertiary/aromatic N) is 1. The van der Waals surface area contributed by atoms with Crippen LogP contribution in [-0.4, -0.2) is 35.8 Å². The lowest BCUT2D eigenvalue weighted by molar-refractivity contribution is 0.0496. The monoisotopic (exact) mass is 326 g/mol. The summed E-state index contributed by atoms with van der Waals surface area (Å²) in [5.41, 5.74) is -0.446. The van der Waals surface area contributed by atoms with Crippen LogP contribution in [0.5, 0.6) is 0 Å². The van der Waals surface area contributed by atoms with Crippen molar-refractivity contribution in [3.05, 3.63) is 17.8 Å². The van der Waals surface area contributed by atoms with Crippen LogP contribution in [0, 0.1) is 0 Å². The molecule has 1 N–H and O–H groups in total. The number of carbonyl (C=O) groups excluding carboxylic acids is 2. The van der Waals surface area contributed by atoms with E-state index in [1.165, 1.54) is 13.4 Å². The summed E-state index contributed by atoms with van der Waals surface area (Å²) in [4.78, 5) is 27.6. The van der Waals surface area contributed by atoms with Crippen LogP contribution in [0.25, 0.3) is 0 Å². The summed E-state index contributed by atoms with van der Waals surface area (Å²) in [6.07, 6.45) is 2.40. The van der Waals surface area contributed by atoms with Crippen molar-refractivity contribution in [2.24, 2.45) is 0 Å². The summed E-state index contributed by atoms with van der Waals surface area (Å²) in [6, 6.07) is -0.256. The fourth-order valence-corrected chi connectivity index (χ4v) is 2.15. The number of alkyl carbamates (subject to hydrolysis) is 1. The first-order valence-electron chi connectivity index (χ1n) is 7.71. The van der Waals surface area contributed by atoms with Crippen LogP contribution in [0.2, 0.25) is 0 Å². The van der Waals surface area contributed by atoms with Gasteiger partial charge in [0.15, 0.2) is 11.6 Å². The fourth-order valence-electron chi connectivity index (χ4n) is 2.15. The van der Waals surface area contributed by atoms with E-state index in [-0.39, 0.29) is 17.7 Å². The quantitative estimate of drug-likeness (QED) is 0.807. The van der Waals surface area contributed by atoms with E-state index in [1.54, 1.807) is 20.8 Å². The molecule has 0 spiro atoms. The minimum absolute atomic E-state index is 0.119. The van der Waals surface area contributed by atoms with Crippen molar-refractivity contribution in [1.29, 1.82) is 0 Å². The molecule has 1 aromatic rings. The van der Waals surface area contributed by atoms with Gasteiger partial charge in [-0.3, -0.25) is 0 Å². The second-order valence-electron chi connectivity index (χ2n) is 6.39. The summed E-state index contributed by atoms with van der Waals surface area (Å²) >= 11 is 0. The average Bonchev–Trinajstić information content (AvgIpc) is 2.90. The Labute approximate surface area is 136 Å². The summed E-state index contributed by atoms with van der Waals surface area (Å²) in [5.74, 6) is -0.315. The number of carbonyl (C=O) groups is 2. The maximum atomic E-state index is 11.9. The van der Waals surface area contributed by atoms with E-state index in [0.717, 1.165) is 12.8 Å². The number of hydrogen-bond donors (Lipinski definition) is 1. The van der Waals surface area contributed by atoms with Crippen molar-refractivity contribution in [3.8, 4) is 0 Å². The zero-order valence-corrected chi connectivity index (χ0v) is 14.6. The van der Waals surface area contributed by atoms with Gasteiger partial charge >= 0.3 is 12.1 Å². The Hall–Kier alpha value is -2.05. The molecule has 0 bridgehead atoms. The molecule has 0 aliphatic rings. The molecule has 1 rings (SSSR count). The van der Waals surface area contributed by atoms with E-state index in [9.17, 15) is 9.59 Å². The fraction of sp³-hybridized carbons (Fsp3) is 0.688. The molecule has 7 heteroatoms. The summed E-state index contributed by atoms with van der Waals surface area (Å²) in [7, 11) is 1.28. The molecule has 0 aliphatic heterocycles. The molecule has 7 nitrogen and oxygen atoms in total. The van der Waals surface area contributed by atoms with Crippen molar-refractivity contribution >= 4 is 12.1 Å². The Morgan fingerprint density at radius 2 is 2.04 bits per heavy atom. The number of esters is 1. The molecular formula is C16H26N2O5. The maximum absolute atomic E-state index is 11.9. The molecule has 23 heavy (non-hydrogen) atoms. The van der Waals surface area contributed by atoms with E-state index in [4.69, 9.17) is 9.15 Å². The highest BCUT2D eigenvalue weighted by Gasteiger charge is 2.27. The van der Waals surface area contributed by atoms with Gasteiger partial charge in [0.1, 0.15) is 11.9 Å².